The average Bonchev–Trinajstić information content (AvgIpc) is 3.05. The summed E-state index contributed by atoms with van der Waals surface area (Å²) in [6.45, 7) is 1.16. The molecule has 1 aliphatic heterocycles. The lowest BCUT2D eigenvalue weighted by Gasteiger charge is -2.32. The Bertz CT molecular complexity index is 938. The first-order chi connectivity index (χ1) is 12.5. The Morgan fingerprint density at radius 3 is 2.92 bits per heavy atom. The van der Waals surface area contributed by atoms with E-state index < -0.39 is 6.17 Å². The van der Waals surface area contributed by atoms with Gasteiger partial charge in [0.1, 0.15) is 23.9 Å². The van der Waals surface area contributed by atoms with Crippen LogP contribution in [0.15, 0.2) is 30.7 Å². The minimum atomic E-state index is -0.872. The molecule has 2 atom stereocenters. The molecule has 0 amide bonds. The maximum absolute atomic E-state index is 13.8. The molecule has 0 saturated carbocycles. The number of rotatable bonds is 3. The Balaban J connectivity index is 1.70. The Labute approximate surface area is 154 Å². The second-order valence-electron chi connectivity index (χ2n) is 6.58. The van der Waals surface area contributed by atoms with Crippen LogP contribution in [0, 0.1) is 0 Å². The van der Waals surface area contributed by atoms with Crippen LogP contribution in [-0.4, -0.2) is 61.9 Å². The van der Waals surface area contributed by atoms with Crippen LogP contribution in [0.5, 0.6) is 5.75 Å². The number of alkyl halides is 1. The maximum atomic E-state index is 13.8. The molecule has 26 heavy (non-hydrogen) atoms. The largest absolute Gasteiger partial charge is 0.507 e. The molecule has 0 aliphatic carbocycles. The van der Waals surface area contributed by atoms with E-state index in [0.717, 1.165) is 6.54 Å². The number of fused-ring (bicyclic) bond motifs is 1. The Hall–Kier alpha value is -2.45. The molecule has 0 unspecified atom stereocenters. The number of imidazole rings is 1. The van der Waals surface area contributed by atoms with Crippen molar-refractivity contribution in [1.82, 2.24) is 24.5 Å². The summed E-state index contributed by atoms with van der Waals surface area (Å²) >= 11 is 5.90. The fraction of sp³-hybridized carbons (Fsp3) is 0.353. The van der Waals surface area contributed by atoms with Crippen molar-refractivity contribution >= 4 is 23.1 Å². The highest BCUT2D eigenvalue weighted by Crippen LogP contribution is 2.33. The van der Waals surface area contributed by atoms with Crippen molar-refractivity contribution in [1.29, 1.82) is 0 Å². The molecule has 7 nitrogen and oxygen atoms in total. The molecule has 1 aliphatic rings. The zero-order valence-electron chi connectivity index (χ0n) is 14.1. The summed E-state index contributed by atoms with van der Waals surface area (Å²) in [7, 11) is 1.89. The zero-order valence-corrected chi connectivity index (χ0v) is 14.9. The van der Waals surface area contributed by atoms with Gasteiger partial charge in [0.2, 0.25) is 5.95 Å². The molecule has 0 spiro atoms. The predicted molar refractivity (Wildman–Crippen MR) is 97.3 cm³/mol. The van der Waals surface area contributed by atoms with Gasteiger partial charge < -0.3 is 15.3 Å². The van der Waals surface area contributed by atoms with E-state index in [4.69, 9.17) is 11.6 Å². The highest BCUT2D eigenvalue weighted by atomic mass is 35.5. The monoisotopic (exact) mass is 376 g/mol. The number of phenols is 1. The number of hydrogen-bond donors (Lipinski definition) is 2. The van der Waals surface area contributed by atoms with Gasteiger partial charge in [-0.1, -0.05) is 11.6 Å². The van der Waals surface area contributed by atoms with Crippen LogP contribution in [0.4, 0.5) is 10.3 Å². The zero-order chi connectivity index (χ0) is 18.3. The number of piperidine rings is 1. The van der Waals surface area contributed by atoms with Gasteiger partial charge in [-0.2, -0.15) is 0 Å². The van der Waals surface area contributed by atoms with Crippen molar-refractivity contribution in [2.75, 3.05) is 25.5 Å². The summed E-state index contributed by atoms with van der Waals surface area (Å²) < 4.78 is 15.6. The molecule has 0 bridgehead atoms. The number of benzene rings is 1. The molecule has 1 fully saturated rings. The van der Waals surface area contributed by atoms with Crippen molar-refractivity contribution < 1.29 is 9.50 Å². The summed E-state index contributed by atoms with van der Waals surface area (Å²) in [4.78, 5) is 6.12. The van der Waals surface area contributed by atoms with E-state index in [2.05, 4.69) is 20.5 Å². The molecule has 2 aromatic heterocycles. The number of aromatic hydroxyl groups is 1. The standard InChI is InChI=1S/C17H18ClFN6O/c1-24-7-11(19)5-12(8-24)21-17-23-22-16(14-6-20-9-25(14)17)13-3-2-10(18)4-15(13)26/h2-4,6,9,11-12,26H,5,7-8H2,1H3,(H,21,23)/t11-,12-/m1/s1. The number of nitrogens with zero attached hydrogens (tertiary/aromatic N) is 5. The number of likely N-dealkylation sites (tertiary alicyclic amines) is 1. The van der Waals surface area contributed by atoms with E-state index in [9.17, 15) is 9.50 Å². The second-order valence-corrected chi connectivity index (χ2v) is 7.01. The summed E-state index contributed by atoms with van der Waals surface area (Å²) in [6.07, 6.45) is 2.81. The van der Waals surface area contributed by atoms with Crippen molar-refractivity contribution in [3.8, 4) is 17.0 Å². The van der Waals surface area contributed by atoms with Gasteiger partial charge in [-0.25, -0.2) is 9.37 Å². The highest BCUT2D eigenvalue weighted by molar-refractivity contribution is 6.30. The van der Waals surface area contributed by atoms with E-state index in [1.165, 1.54) is 6.07 Å². The lowest BCUT2D eigenvalue weighted by Crippen LogP contribution is -2.45. The van der Waals surface area contributed by atoms with Gasteiger partial charge in [-0.05, 0) is 25.2 Å². The first kappa shape index (κ1) is 17.0. The molecular weight excluding hydrogens is 359 g/mol. The van der Waals surface area contributed by atoms with Crippen LogP contribution < -0.4 is 5.32 Å². The summed E-state index contributed by atoms with van der Waals surface area (Å²) in [5, 5.41) is 22.4. The Morgan fingerprint density at radius 2 is 2.15 bits per heavy atom. The van der Waals surface area contributed by atoms with Crippen LogP contribution in [0.25, 0.3) is 16.8 Å². The Morgan fingerprint density at radius 1 is 1.31 bits per heavy atom. The lowest BCUT2D eigenvalue weighted by atomic mass is 10.1. The van der Waals surface area contributed by atoms with E-state index in [1.807, 2.05) is 11.9 Å². The third-order valence-corrected chi connectivity index (χ3v) is 4.72. The third kappa shape index (κ3) is 3.17. The molecule has 9 heteroatoms. The van der Waals surface area contributed by atoms with Crippen molar-refractivity contribution in [3.05, 3.63) is 35.7 Å². The molecule has 4 rings (SSSR count). The van der Waals surface area contributed by atoms with E-state index in [-0.39, 0.29) is 11.8 Å². The summed E-state index contributed by atoms with van der Waals surface area (Å²) in [6, 6.07) is 4.75. The van der Waals surface area contributed by atoms with Crippen molar-refractivity contribution in [2.45, 2.75) is 18.6 Å². The van der Waals surface area contributed by atoms with Crippen LogP contribution in [0.1, 0.15) is 6.42 Å². The van der Waals surface area contributed by atoms with Gasteiger partial charge in [0, 0.05) is 36.1 Å². The number of halogens is 2. The molecule has 1 saturated heterocycles. The normalized spacial score (nSPS) is 21.2. The summed E-state index contributed by atoms with van der Waals surface area (Å²) in [5.41, 5.74) is 1.69. The van der Waals surface area contributed by atoms with E-state index >= 15 is 0 Å². The molecule has 0 radical (unpaired) electrons. The van der Waals surface area contributed by atoms with Crippen molar-refractivity contribution in [2.24, 2.45) is 0 Å². The van der Waals surface area contributed by atoms with Crippen LogP contribution >= 0.6 is 11.6 Å². The Kier molecular flexibility index (Phi) is 4.37. The van der Waals surface area contributed by atoms with Crippen LogP contribution in [-0.2, 0) is 0 Å². The minimum absolute atomic E-state index is 0.0183. The molecular formula is C17H18ClFN6O. The fourth-order valence-electron chi connectivity index (χ4n) is 3.36. The predicted octanol–water partition coefficient (Wildman–Crippen LogP) is 2.60. The second kappa shape index (κ2) is 6.69. The number of likely N-dealkylation sites (N-methyl/N-ethyl adjacent to an activating group) is 1. The van der Waals surface area contributed by atoms with Crippen molar-refractivity contribution in [3.63, 3.8) is 0 Å². The smallest absolute Gasteiger partial charge is 0.229 e. The topological polar surface area (TPSA) is 78.6 Å². The van der Waals surface area contributed by atoms with Gasteiger partial charge in [-0.3, -0.25) is 4.40 Å². The number of anilines is 1. The van der Waals surface area contributed by atoms with Gasteiger partial charge >= 0.3 is 0 Å². The minimum Gasteiger partial charge on any atom is -0.507 e. The summed E-state index contributed by atoms with van der Waals surface area (Å²) in [5.74, 6) is 0.506. The van der Waals surface area contributed by atoms with Gasteiger partial charge in [0.05, 0.1) is 11.7 Å². The van der Waals surface area contributed by atoms with E-state index in [1.54, 1.807) is 29.1 Å². The first-order valence-corrected chi connectivity index (χ1v) is 8.66. The first-order valence-electron chi connectivity index (χ1n) is 8.28. The van der Waals surface area contributed by atoms with Crippen LogP contribution in [0.2, 0.25) is 5.02 Å². The van der Waals surface area contributed by atoms with Crippen LogP contribution in [0.3, 0.4) is 0 Å². The van der Waals surface area contributed by atoms with Gasteiger partial charge in [0.15, 0.2) is 0 Å². The quantitative estimate of drug-likeness (QED) is 0.731. The third-order valence-electron chi connectivity index (χ3n) is 4.48. The molecule has 2 N–H and O–H groups in total. The molecule has 136 valence electrons. The van der Waals surface area contributed by atoms with Gasteiger partial charge in [-0.15, -0.1) is 10.2 Å². The highest BCUT2D eigenvalue weighted by Gasteiger charge is 2.26. The SMILES string of the molecule is CN1C[C@H](F)C[C@@H](Nc2nnc(-c3ccc(Cl)cc3O)c3cncn23)C1. The fourth-order valence-corrected chi connectivity index (χ4v) is 3.53. The average molecular weight is 377 g/mol. The molecule has 3 heterocycles. The number of hydrogen-bond acceptors (Lipinski definition) is 6. The van der Waals surface area contributed by atoms with Gasteiger partial charge in [0.25, 0.3) is 0 Å². The molecule has 3 aromatic rings. The van der Waals surface area contributed by atoms with E-state index in [0.29, 0.717) is 40.7 Å². The molecule has 1 aromatic carbocycles. The number of phenolic OH excluding ortho intramolecular Hbond substituents is 1. The lowest BCUT2D eigenvalue weighted by molar-refractivity contribution is 0.153. The maximum Gasteiger partial charge on any atom is 0.229 e. The number of nitrogens with one attached hydrogen (secondary N) is 1. The number of aromatic nitrogens is 4.